The summed E-state index contributed by atoms with van der Waals surface area (Å²) in [4.78, 5) is 0. The summed E-state index contributed by atoms with van der Waals surface area (Å²) in [5.41, 5.74) is -1.26. The Labute approximate surface area is 127 Å². The van der Waals surface area contributed by atoms with E-state index < -0.39 is 35.4 Å². The summed E-state index contributed by atoms with van der Waals surface area (Å²) in [5.74, 6) is -3.68. The molecule has 1 aromatic heterocycles. The van der Waals surface area contributed by atoms with Gasteiger partial charge in [0.2, 0.25) is 0 Å². The molecule has 0 aliphatic heterocycles. The molecule has 0 spiro atoms. The number of hydrogen-bond donors (Lipinski definition) is 1. The molecule has 0 atom stereocenters. The molecule has 0 saturated heterocycles. The van der Waals surface area contributed by atoms with E-state index in [0.717, 1.165) is 30.3 Å². The van der Waals surface area contributed by atoms with Crippen molar-refractivity contribution in [1.29, 1.82) is 0 Å². The monoisotopic (exact) mass is 323 g/mol. The first-order valence-electron chi connectivity index (χ1n) is 6.52. The van der Waals surface area contributed by atoms with Crippen LogP contribution in [0.5, 0.6) is 0 Å². The van der Waals surface area contributed by atoms with Crippen molar-refractivity contribution in [2.45, 2.75) is 6.61 Å². The largest absolute Gasteiger partial charge is 0.391 e. The predicted molar refractivity (Wildman–Crippen MR) is 73.1 cm³/mol. The maximum absolute atomic E-state index is 13.9. The lowest BCUT2D eigenvalue weighted by molar-refractivity contribution is 0.281. The number of halogens is 4. The maximum Gasteiger partial charge on any atom is 0.176 e. The van der Waals surface area contributed by atoms with Crippen LogP contribution < -0.4 is 0 Å². The zero-order valence-corrected chi connectivity index (χ0v) is 11.5. The number of aliphatic hydroxyl groups excluding tert-OH is 1. The van der Waals surface area contributed by atoms with Gasteiger partial charge in [-0.1, -0.05) is 11.2 Å². The van der Waals surface area contributed by atoms with E-state index in [1.807, 2.05) is 0 Å². The smallest absolute Gasteiger partial charge is 0.176 e. The van der Waals surface area contributed by atoms with Gasteiger partial charge >= 0.3 is 0 Å². The van der Waals surface area contributed by atoms with Crippen molar-refractivity contribution >= 4 is 0 Å². The Bertz CT molecular complexity index is 856. The zero-order chi connectivity index (χ0) is 16.6. The lowest BCUT2D eigenvalue weighted by atomic mass is 10.0. The fourth-order valence-corrected chi connectivity index (χ4v) is 2.26. The highest BCUT2D eigenvalue weighted by molar-refractivity contribution is 5.73. The van der Waals surface area contributed by atoms with Crippen LogP contribution in [0.4, 0.5) is 17.6 Å². The van der Waals surface area contributed by atoms with Gasteiger partial charge in [-0.05, 0) is 30.3 Å². The molecule has 7 heteroatoms. The first kappa shape index (κ1) is 15.2. The van der Waals surface area contributed by atoms with Crippen LogP contribution in [0.1, 0.15) is 5.56 Å². The van der Waals surface area contributed by atoms with Gasteiger partial charge in [0.15, 0.2) is 5.76 Å². The van der Waals surface area contributed by atoms with E-state index in [4.69, 9.17) is 4.52 Å². The van der Waals surface area contributed by atoms with Gasteiger partial charge in [-0.3, -0.25) is 0 Å². The fraction of sp³-hybridized carbons (Fsp3) is 0.0625. The summed E-state index contributed by atoms with van der Waals surface area (Å²) < 4.78 is 59.8. The highest BCUT2D eigenvalue weighted by Crippen LogP contribution is 2.35. The van der Waals surface area contributed by atoms with Gasteiger partial charge in [-0.15, -0.1) is 0 Å². The van der Waals surface area contributed by atoms with Crippen LogP contribution in [0, 0.1) is 23.3 Å². The zero-order valence-electron chi connectivity index (χ0n) is 11.5. The highest BCUT2D eigenvalue weighted by Gasteiger charge is 2.25. The van der Waals surface area contributed by atoms with Gasteiger partial charge in [0.1, 0.15) is 29.0 Å². The molecule has 3 rings (SSSR count). The number of rotatable bonds is 3. The average Bonchev–Trinajstić information content (AvgIpc) is 2.93. The molecule has 0 aliphatic rings. The number of benzene rings is 2. The highest BCUT2D eigenvalue weighted by atomic mass is 19.1. The topological polar surface area (TPSA) is 46.3 Å². The second-order valence-electron chi connectivity index (χ2n) is 4.72. The Morgan fingerprint density at radius 2 is 1.65 bits per heavy atom. The molecule has 0 amide bonds. The van der Waals surface area contributed by atoms with Crippen LogP contribution in [0.3, 0.4) is 0 Å². The Morgan fingerprint density at radius 1 is 0.957 bits per heavy atom. The van der Waals surface area contributed by atoms with Crippen LogP contribution in [0.2, 0.25) is 0 Å². The van der Waals surface area contributed by atoms with Gasteiger partial charge in [-0.2, -0.15) is 0 Å². The average molecular weight is 323 g/mol. The molecule has 0 bridgehead atoms. The molecule has 0 aliphatic carbocycles. The van der Waals surface area contributed by atoms with Crippen LogP contribution in [-0.4, -0.2) is 10.3 Å². The molecule has 1 N–H and O–H groups in total. The van der Waals surface area contributed by atoms with Gasteiger partial charge in [0.25, 0.3) is 0 Å². The van der Waals surface area contributed by atoms with Gasteiger partial charge < -0.3 is 9.63 Å². The van der Waals surface area contributed by atoms with Crippen molar-refractivity contribution in [2.24, 2.45) is 0 Å². The van der Waals surface area contributed by atoms with Crippen molar-refractivity contribution in [3.63, 3.8) is 0 Å². The van der Waals surface area contributed by atoms with Crippen molar-refractivity contribution in [1.82, 2.24) is 5.16 Å². The van der Waals surface area contributed by atoms with E-state index in [0.29, 0.717) is 0 Å². The Morgan fingerprint density at radius 3 is 2.30 bits per heavy atom. The van der Waals surface area contributed by atoms with E-state index in [-0.39, 0.29) is 22.6 Å². The van der Waals surface area contributed by atoms with Gasteiger partial charge in [0, 0.05) is 0 Å². The molecule has 0 radical (unpaired) electrons. The molecule has 0 saturated carbocycles. The molecular weight excluding hydrogens is 314 g/mol. The van der Waals surface area contributed by atoms with Crippen molar-refractivity contribution in [3.05, 3.63) is 65.2 Å². The summed E-state index contributed by atoms with van der Waals surface area (Å²) in [5, 5.41) is 13.0. The molecule has 23 heavy (non-hydrogen) atoms. The quantitative estimate of drug-likeness (QED) is 0.740. The van der Waals surface area contributed by atoms with E-state index in [9.17, 15) is 22.7 Å². The first-order valence-corrected chi connectivity index (χ1v) is 6.52. The van der Waals surface area contributed by atoms with Crippen LogP contribution >= 0.6 is 0 Å². The lowest BCUT2D eigenvalue weighted by Gasteiger charge is -2.04. The lowest BCUT2D eigenvalue weighted by Crippen LogP contribution is -1.95. The van der Waals surface area contributed by atoms with Crippen molar-refractivity contribution < 1.29 is 27.2 Å². The maximum atomic E-state index is 13.9. The SMILES string of the molecule is OCc1c(-c2c(F)cccc2F)noc1-c1cc(F)ccc1F. The third-order valence-electron chi connectivity index (χ3n) is 3.32. The molecule has 0 fully saturated rings. The number of aromatic nitrogens is 1. The van der Waals surface area contributed by atoms with E-state index >= 15 is 0 Å². The third-order valence-corrected chi connectivity index (χ3v) is 3.32. The van der Waals surface area contributed by atoms with E-state index in [1.165, 1.54) is 6.07 Å². The van der Waals surface area contributed by atoms with E-state index in [1.54, 1.807) is 0 Å². The normalized spacial score (nSPS) is 11.0. The predicted octanol–water partition coefficient (Wildman–Crippen LogP) is 4.06. The molecule has 3 nitrogen and oxygen atoms in total. The Hall–Kier alpha value is -2.67. The van der Waals surface area contributed by atoms with E-state index in [2.05, 4.69) is 5.16 Å². The minimum atomic E-state index is -0.917. The Balaban J connectivity index is 2.24. The third kappa shape index (κ3) is 2.59. The molecular formula is C16H9F4NO2. The number of aliphatic hydroxyl groups is 1. The van der Waals surface area contributed by atoms with Crippen molar-refractivity contribution in [3.8, 4) is 22.6 Å². The number of nitrogens with zero attached hydrogens (tertiary/aromatic N) is 1. The standard InChI is InChI=1S/C16H9F4NO2/c17-8-4-5-11(18)9(6-8)16-10(7-22)15(21-23-16)14-12(19)2-1-3-13(14)20/h1-6,22H,7H2. The van der Waals surface area contributed by atoms with Gasteiger partial charge in [0.05, 0.1) is 23.3 Å². The minimum Gasteiger partial charge on any atom is -0.391 e. The molecule has 2 aromatic carbocycles. The summed E-state index contributed by atoms with van der Waals surface area (Å²) in [7, 11) is 0. The Kier molecular flexibility index (Phi) is 3.87. The summed E-state index contributed by atoms with van der Waals surface area (Å²) in [6, 6.07) is 5.81. The molecule has 3 aromatic rings. The summed E-state index contributed by atoms with van der Waals surface area (Å²) in [6.45, 7) is -0.724. The van der Waals surface area contributed by atoms with Crippen LogP contribution in [-0.2, 0) is 6.61 Å². The van der Waals surface area contributed by atoms with Crippen LogP contribution in [0.25, 0.3) is 22.6 Å². The fourth-order valence-electron chi connectivity index (χ4n) is 2.26. The molecule has 118 valence electrons. The molecule has 0 unspecified atom stereocenters. The van der Waals surface area contributed by atoms with Gasteiger partial charge in [-0.25, -0.2) is 17.6 Å². The summed E-state index contributed by atoms with van der Waals surface area (Å²) >= 11 is 0. The summed E-state index contributed by atoms with van der Waals surface area (Å²) in [6.07, 6.45) is 0. The first-order chi connectivity index (χ1) is 11.0. The second-order valence-corrected chi connectivity index (χ2v) is 4.72. The van der Waals surface area contributed by atoms with Crippen LogP contribution in [0.15, 0.2) is 40.9 Å². The second kappa shape index (κ2) is 5.85. The minimum absolute atomic E-state index is 0.140. The molecule has 1 heterocycles. The number of hydrogen-bond acceptors (Lipinski definition) is 3. The van der Waals surface area contributed by atoms with Crippen molar-refractivity contribution in [2.75, 3.05) is 0 Å².